The van der Waals surface area contributed by atoms with E-state index in [-0.39, 0.29) is 35.1 Å². The van der Waals surface area contributed by atoms with E-state index in [9.17, 15) is 5.26 Å². The predicted molar refractivity (Wildman–Crippen MR) is 118 cm³/mol. The van der Waals surface area contributed by atoms with Gasteiger partial charge in [0.1, 0.15) is 29.3 Å². The lowest BCUT2D eigenvalue weighted by Crippen LogP contribution is -2.33. The van der Waals surface area contributed by atoms with Gasteiger partial charge in [0.25, 0.3) is 0 Å². The Labute approximate surface area is 189 Å². The number of ether oxygens (including phenoxy) is 4. The average Bonchev–Trinajstić information content (AvgIpc) is 3.32. The maximum absolute atomic E-state index is 9.52. The van der Waals surface area contributed by atoms with Gasteiger partial charge in [-0.1, -0.05) is 12.1 Å². The zero-order chi connectivity index (χ0) is 23.4. The van der Waals surface area contributed by atoms with E-state index in [0.29, 0.717) is 48.9 Å². The molecule has 4 rings (SSSR count). The quantitative estimate of drug-likeness (QED) is 0.366. The van der Waals surface area contributed by atoms with Crippen LogP contribution in [0, 0.1) is 22.8 Å². The van der Waals surface area contributed by atoms with Crippen molar-refractivity contribution in [2.75, 3.05) is 43.7 Å². The molecule has 1 unspecified atom stereocenters. The second kappa shape index (κ2) is 9.48. The molecule has 2 aliphatic rings. The van der Waals surface area contributed by atoms with Crippen molar-refractivity contribution in [2.24, 2.45) is 4.99 Å². The summed E-state index contributed by atoms with van der Waals surface area (Å²) < 4.78 is 22.5. The van der Waals surface area contributed by atoms with Gasteiger partial charge in [-0.3, -0.25) is 5.32 Å². The van der Waals surface area contributed by atoms with Crippen LogP contribution in [0.2, 0.25) is 0 Å². The lowest BCUT2D eigenvalue weighted by molar-refractivity contribution is -0.0533. The number of anilines is 3. The van der Waals surface area contributed by atoms with Gasteiger partial charge in [0, 0.05) is 17.5 Å². The number of nitrogens with one attached hydrogen (secondary N) is 2. The molecule has 6 N–H and O–H groups in total. The smallest absolute Gasteiger partial charge is 0.211 e. The largest absolute Gasteiger partial charge is 0.493 e. The molecule has 1 aromatic heterocycles. The summed E-state index contributed by atoms with van der Waals surface area (Å²) in [7, 11) is 1.53. The van der Waals surface area contributed by atoms with Crippen molar-refractivity contribution in [1.29, 1.82) is 10.5 Å². The minimum Gasteiger partial charge on any atom is -0.493 e. The first-order chi connectivity index (χ1) is 16.1. The summed E-state index contributed by atoms with van der Waals surface area (Å²) in [6.45, 7) is 1.40. The van der Waals surface area contributed by atoms with Crippen LogP contribution in [0.5, 0.6) is 11.5 Å². The summed E-state index contributed by atoms with van der Waals surface area (Å²) in [5.74, 6) is 1.31. The normalized spacial score (nSPS) is 17.2. The molecule has 0 amide bonds. The Morgan fingerprint density at radius 2 is 2.06 bits per heavy atom. The Balaban J connectivity index is 1.79. The van der Waals surface area contributed by atoms with Crippen LogP contribution in [0.4, 0.5) is 17.3 Å². The zero-order valence-electron chi connectivity index (χ0n) is 17.8. The summed E-state index contributed by atoms with van der Waals surface area (Å²) in [5, 5.41) is 24.0. The molecule has 3 heterocycles. The molecule has 170 valence electrons. The molecular formula is C21H22N8O4. The molecule has 2 aromatic rings. The number of nitrogens with zero attached hydrogens (tertiary/aromatic N) is 4. The Morgan fingerprint density at radius 1 is 1.27 bits per heavy atom. The molecule has 33 heavy (non-hydrogen) atoms. The number of nitrogen functional groups attached to an aromatic ring is 2. The van der Waals surface area contributed by atoms with E-state index >= 15 is 0 Å². The number of hydrogen-bond acceptors (Lipinski definition) is 12. The van der Waals surface area contributed by atoms with Crippen LogP contribution < -0.4 is 31.6 Å². The number of methoxy groups -OCH3 is 1. The number of aliphatic imine (C=N–C) groups is 1. The van der Waals surface area contributed by atoms with E-state index in [2.05, 4.69) is 20.6 Å². The molecule has 1 saturated heterocycles. The third-order valence-corrected chi connectivity index (χ3v) is 5.17. The Hall–Kier alpha value is -4.26. The molecule has 1 fully saturated rings. The van der Waals surface area contributed by atoms with E-state index < -0.39 is 6.04 Å². The van der Waals surface area contributed by atoms with E-state index in [1.807, 2.05) is 12.3 Å². The topological polar surface area (TPSA) is 186 Å². The standard InChI is InChI=1S/C21H22N8O4/c1-30-13-4-2-3-11(18(13)33-6-5-14-31-7-8-32-14)17-15-16(24)12(9-22)19(25)28-20(15)29-21(27-17)26-10-23/h2-4,14,17H,5-8H2,1H3,(H6,24,25,26,27,28,29). The third kappa shape index (κ3) is 4.25. The van der Waals surface area contributed by atoms with Crippen LogP contribution in [0.1, 0.15) is 29.2 Å². The van der Waals surface area contributed by atoms with Crippen molar-refractivity contribution in [3.8, 4) is 23.8 Å². The Bertz CT molecular complexity index is 1160. The maximum Gasteiger partial charge on any atom is 0.211 e. The number of nitrogens with two attached hydrogens (primary N) is 2. The lowest BCUT2D eigenvalue weighted by atomic mass is 9.94. The van der Waals surface area contributed by atoms with E-state index in [1.165, 1.54) is 7.11 Å². The number of hydrogen-bond donors (Lipinski definition) is 4. The average molecular weight is 450 g/mol. The minimum atomic E-state index is -0.763. The van der Waals surface area contributed by atoms with Crippen LogP contribution in [0.25, 0.3) is 0 Å². The monoisotopic (exact) mass is 450 g/mol. The first-order valence-electron chi connectivity index (χ1n) is 10.1. The summed E-state index contributed by atoms with van der Waals surface area (Å²) >= 11 is 0. The first-order valence-corrected chi connectivity index (χ1v) is 10.1. The number of rotatable bonds is 6. The van der Waals surface area contributed by atoms with Crippen LogP contribution in [0.15, 0.2) is 23.2 Å². The van der Waals surface area contributed by atoms with Gasteiger partial charge < -0.3 is 35.7 Å². The van der Waals surface area contributed by atoms with Crippen molar-refractivity contribution >= 4 is 23.3 Å². The van der Waals surface area contributed by atoms with Gasteiger partial charge in [-0.15, -0.1) is 0 Å². The van der Waals surface area contributed by atoms with Gasteiger partial charge in [0.15, 0.2) is 24.0 Å². The number of aromatic nitrogens is 1. The van der Waals surface area contributed by atoms with Gasteiger partial charge in [0.05, 0.1) is 32.6 Å². The molecule has 0 bridgehead atoms. The highest BCUT2D eigenvalue weighted by Crippen LogP contribution is 2.45. The van der Waals surface area contributed by atoms with Gasteiger partial charge in [-0.2, -0.15) is 10.5 Å². The zero-order valence-corrected chi connectivity index (χ0v) is 17.8. The summed E-state index contributed by atoms with van der Waals surface area (Å²) in [6.07, 6.45) is 2.02. The number of guanidine groups is 1. The Morgan fingerprint density at radius 3 is 2.76 bits per heavy atom. The van der Waals surface area contributed by atoms with Crippen molar-refractivity contribution in [3.63, 3.8) is 0 Å². The van der Waals surface area contributed by atoms with Gasteiger partial charge in [-0.05, 0) is 6.07 Å². The number of nitriles is 2. The van der Waals surface area contributed by atoms with E-state index in [1.54, 1.807) is 18.2 Å². The summed E-state index contributed by atoms with van der Waals surface area (Å²) in [4.78, 5) is 8.86. The molecular weight excluding hydrogens is 428 g/mol. The molecule has 0 aliphatic carbocycles. The fourth-order valence-electron chi connectivity index (χ4n) is 3.70. The van der Waals surface area contributed by atoms with Gasteiger partial charge >= 0.3 is 0 Å². The molecule has 0 spiro atoms. The highest BCUT2D eigenvalue weighted by Gasteiger charge is 2.32. The third-order valence-electron chi connectivity index (χ3n) is 5.17. The molecule has 1 atom stereocenters. The highest BCUT2D eigenvalue weighted by molar-refractivity contribution is 5.98. The molecule has 1 aromatic carbocycles. The highest BCUT2D eigenvalue weighted by atomic mass is 16.7. The second-order valence-electron chi connectivity index (χ2n) is 7.09. The lowest BCUT2D eigenvalue weighted by Gasteiger charge is -2.27. The summed E-state index contributed by atoms with van der Waals surface area (Å²) in [5.41, 5.74) is 13.5. The van der Waals surface area contributed by atoms with Crippen LogP contribution >= 0.6 is 0 Å². The number of pyridine rings is 1. The van der Waals surface area contributed by atoms with Crippen LogP contribution in [0.3, 0.4) is 0 Å². The summed E-state index contributed by atoms with van der Waals surface area (Å²) in [6, 6.07) is 6.56. The SMILES string of the molecule is COc1cccc(C2N=C(NC#N)Nc3nc(N)c(C#N)c(N)c32)c1OCCC1OCCO1. The van der Waals surface area contributed by atoms with Crippen molar-refractivity contribution < 1.29 is 18.9 Å². The molecule has 12 heteroatoms. The molecule has 0 radical (unpaired) electrons. The molecule has 12 nitrogen and oxygen atoms in total. The number of benzene rings is 1. The minimum absolute atomic E-state index is 0.0307. The molecule has 2 aliphatic heterocycles. The van der Waals surface area contributed by atoms with Crippen molar-refractivity contribution in [3.05, 3.63) is 34.9 Å². The number of para-hydroxylation sites is 1. The maximum atomic E-state index is 9.52. The first kappa shape index (κ1) is 22.0. The number of fused-ring (bicyclic) bond motifs is 1. The second-order valence-corrected chi connectivity index (χ2v) is 7.09. The van der Waals surface area contributed by atoms with E-state index in [4.69, 9.17) is 35.7 Å². The van der Waals surface area contributed by atoms with Crippen molar-refractivity contribution in [1.82, 2.24) is 10.3 Å². The van der Waals surface area contributed by atoms with Crippen molar-refractivity contribution in [2.45, 2.75) is 18.8 Å². The van der Waals surface area contributed by atoms with E-state index in [0.717, 1.165) is 0 Å². The predicted octanol–water partition coefficient (Wildman–Crippen LogP) is 1.21. The van der Waals surface area contributed by atoms with Crippen LogP contribution in [-0.2, 0) is 9.47 Å². The van der Waals surface area contributed by atoms with Gasteiger partial charge in [0.2, 0.25) is 5.96 Å². The van der Waals surface area contributed by atoms with Gasteiger partial charge in [-0.25, -0.2) is 9.98 Å². The Kier molecular flexibility index (Phi) is 6.31. The fourth-order valence-corrected chi connectivity index (χ4v) is 3.70. The molecule has 0 saturated carbocycles. The van der Waals surface area contributed by atoms with Crippen LogP contribution in [-0.4, -0.2) is 44.2 Å². The fraction of sp³-hybridized carbons (Fsp3) is 0.333.